The second-order valence-corrected chi connectivity index (χ2v) is 10.6. The molecule has 1 aromatic heterocycles. The third-order valence-corrected chi connectivity index (χ3v) is 7.92. The van der Waals surface area contributed by atoms with Gasteiger partial charge in [0.25, 0.3) is 0 Å². The minimum absolute atomic E-state index is 0.00794. The van der Waals surface area contributed by atoms with Gasteiger partial charge in [0.15, 0.2) is 0 Å². The van der Waals surface area contributed by atoms with Crippen molar-refractivity contribution in [2.45, 2.75) is 65.1 Å². The molecule has 0 unspecified atom stereocenters. The monoisotopic (exact) mass is 507 g/mol. The average Bonchev–Trinajstić information content (AvgIpc) is 3.29. The summed E-state index contributed by atoms with van der Waals surface area (Å²) in [4.78, 5) is 31.9. The second-order valence-electron chi connectivity index (χ2n) is 9.57. The Bertz CT molecular complexity index is 1170. The zero-order chi connectivity index (χ0) is 25.5. The van der Waals surface area contributed by atoms with E-state index in [0.717, 1.165) is 59.4 Å². The van der Waals surface area contributed by atoms with Crippen LogP contribution in [0.3, 0.4) is 0 Å². The SMILES string of the molecule is Cc1ccccc1NC(=O)N(CC(=O)N(Cc1ccc(F)cc1)Cc1sccc1C)C1CCCCC1. The molecule has 0 saturated heterocycles. The highest BCUT2D eigenvalue weighted by Crippen LogP contribution is 2.25. The van der Waals surface area contributed by atoms with Crippen molar-refractivity contribution < 1.29 is 14.0 Å². The summed E-state index contributed by atoms with van der Waals surface area (Å²) < 4.78 is 13.5. The molecule has 1 heterocycles. The number of nitrogens with zero attached hydrogens (tertiary/aromatic N) is 2. The summed E-state index contributed by atoms with van der Waals surface area (Å²) in [6.45, 7) is 4.82. The van der Waals surface area contributed by atoms with Gasteiger partial charge in [-0.25, -0.2) is 9.18 Å². The van der Waals surface area contributed by atoms with Crippen molar-refractivity contribution in [1.29, 1.82) is 0 Å². The van der Waals surface area contributed by atoms with Crippen LogP contribution in [0.2, 0.25) is 0 Å². The molecule has 3 amide bonds. The molecule has 1 fully saturated rings. The van der Waals surface area contributed by atoms with E-state index >= 15 is 0 Å². The minimum atomic E-state index is -0.304. The topological polar surface area (TPSA) is 52.7 Å². The van der Waals surface area contributed by atoms with Crippen LogP contribution >= 0.6 is 11.3 Å². The molecule has 1 saturated carbocycles. The van der Waals surface area contributed by atoms with E-state index in [1.807, 2.05) is 49.6 Å². The quantitative estimate of drug-likeness (QED) is 0.361. The molecule has 3 aromatic rings. The van der Waals surface area contributed by atoms with E-state index < -0.39 is 0 Å². The standard InChI is InChI=1S/C29H34FN3O2S/c1-21-8-6-7-11-26(21)31-29(35)33(25-9-4-3-5-10-25)20-28(34)32(19-27-22(2)16-17-36-27)18-23-12-14-24(30)15-13-23/h6-8,11-17,25H,3-5,9-10,18-20H2,1-2H3,(H,31,35). The van der Waals surface area contributed by atoms with E-state index in [1.54, 1.807) is 33.3 Å². The first-order valence-electron chi connectivity index (χ1n) is 12.6. The van der Waals surface area contributed by atoms with Crippen molar-refractivity contribution in [3.8, 4) is 0 Å². The van der Waals surface area contributed by atoms with Crippen molar-refractivity contribution >= 4 is 29.0 Å². The number of urea groups is 1. The summed E-state index contributed by atoms with van der Waals surface area (Å²) >= 11 is 1.62. The number of para-hydroxylation sites is 1. The predicted molar refractivity (Wildman–Crippen MR) is 143 cm³/mol. The summed E-state index contributed by atoms with van der Waals surface area (Å²) in [7, 11) is 0. The highest BCUT2D eigenvalue weighted by molar-refractivity contribution is 7.10. The fraction of sp³-hybridized carbons (Fsp3) is 0.379. The predicted octanol–water partition coefficient (Wildman–Crippen LogP) is 6.90. The molecule has 1 N–H and O–H groups in total. The molecule has 5 nitrogen and oxygen atoms in total. The molecular formula is C29H34FN3O2S. The molecule has 36 heavy (non-hydrogen) atoms. The van der Waals surface area contributed by atoms with Gasteiger partial charge in [-0.1, -0.05) is 49.6 Å². The first-order chi connectivity index (χ1) is 17.4. The number of aryl methyl sites for hydroxylation is 2. The molecule has 2 aromatic carbocycles. The smallest absolute Gasteiger partial charge is 0.322 e. The maximum Gasteiger partial charge on any atom is 0.322 e. The van der Waals surface area contributed by atoms with Crippen molar-refractivity contribution in [3.63, 3.8) is 0 Å². The fourth-order valence-corrected chi connectivity index (χ4v) is 5.61. The van der Waals surface area contributed by atoms with Crippen molar-refractivity contribution in [2.75, 3.05) is 11.9 Å². The third-order valence-electron chi connectivity index (χ3n) is 6.91. The lowest BCUT2D eigenvalue weighted by molar-refractivity contribution is -0.133. The van der Waals surface area contributed by atoms with Crippen molar-refractivity contribution in [1.82, 2.24) is 9.80 Å². The Labute approximate surface area is 216 Å². The molecule has 0 aliphatic heterocycles. The van der Waals surface area contributed by atoms with E-state index in [0.29, 0.717) is 13.1 Å². The highest BCUT2D eigenvalue weighted by atomic mass is 32.1. The normalized spacial score (nSPS) is 13.9. The van der Waals surface area contributed by atoms with Crippen LogP contribution < -0.4 is 5.32 Å². The number of hydrogen-bond donors (Lipinski definition) is 1. The van der Waals surface area contributed by atoms with Gasteiger partial charge < -0.3 is 15.1 Å². The number of amides is 3. The van der Waals surface area contributed by atoms with Gasteiger partial charge in [0.05, 0.1) is 6.54 Å². The molecule has 190 valence electrons. The van der Waals surface area contributed by atoms with Crippen molar-refractivity contribution in [2.24, 2.45) is 0 Å². The van der Waals surface area contributed by atoms with Crippen LogP contribution in [0.4, 0.5) is 14.9 Å². The van der Waals surface area contributed by atoms with Crippen LogP contribution in [-0.2, 0) is 17.9 Å². The Balaban J connectivity index is 1.56. The molecule has 0 bridgehead atoms. The zero-order valence-corrected chi connectivity index (χ0v) is 21.8. The molecule has 0 radical (unpaired) electrons. The Morgan fingerprint density at radius 3 is 2.33 bits per heavy atom. The lowest BCUT2D eigenvalue weighted by Crippen LogP contribution is -2.49. The van der Waals surface area contributed by atoms with Gasteiger partial charge in [-0.3, -0.25) is 4.79 Å². The van der Waals surface area contributed by atoms with Crippen LogP contribution in [0.5, 0.6) is 0 Å². The molecule has 7 heteroatoms. The van der Waals surface area contributed by atoms with Crippen LogP contribution in [0.1, 0.15) is 53.7 Å². The fourth-order valence-electron chi connectivity index (χ4n) is 4.69. The van der Waals surface area contributed by atoms with Gasteiger partial charge in [0, 0.05) is 23.2 Å². The molecular weight excluding hydrogens is 473 g/mol. The molecule has 0 spiro atoms. The summed E-state index contributed by atoms with van der Waals surface area (Å²) in [6.07, 6.45) is 5.07. The summed E-state index contributed by atoms with van der Waals surface area (Å²) in [6, 6.07) is 15.8. The van der Waals surface area contributed by atoms with Gasteiger partial charge in [0.1, 0.15) is 12.4 Å². The number of anilines is 1. The Morgan fingerprint density at radius 2 is 1.67 bits per heavy atom. The van der Waals surface area contributed by atoms with Gasteiger partial charge in [0.2, 0.25) is 5.91 Å². The molecule has 0 atom stereocenters. The number of hydrogen-bond acceptors (Lipinski definition) is 3. The van der Waals surface area contributed by atoms with E-state index in [4.69, 9.17) is 0 Å². The Morgan fingerprint density at radius 1 is 0.944 bits per heavy atom. The average molecular weight is 508 g/mol. The maximum absolute atomic E-state index is 13.8. The third kappa shape index (κ3) is 6.72. The number of carbonyl (C=O) groups is 2. The minimum Gasteiger partial charge on any atom is -0.332 e. The van der Waals surface area contributed by atoms with E-state index in [1.165, 1.54) is 12.1 Å². The van der Waals surface area contributed by atoms with E-state index in [2.05, 4.69) is 5.32 Å². The Hall–Kier alpha value is -3.19. The largest absolute Gasteiger partial charge is 0.332 e. The summed E-state index contributed by atoms with van der Waals surface area (Å²) in [5, 5.41) is 5.06. The van der Waals surface area contributed by atoms with Crippen LogP contribution in [-0.4, -0.2) is 34.3 Å². The number of halogens is 1. The maximum atomic E-state index is 13.8. The van der Waals surface area contributed by atoms with Crippen LogP contribution in [0, 0.1) is 19.7 Å². The number of thiophene rings is 1. The summed E-state index contributed by atoms with van der Waals surface area (Å²) in [5.41, 5.74) is 3.73. The first-order valence-corrected chi connectivity index (χ1v) is 13.5. The molecule has 1 aliphatic rings. The number of rotatable bonds is 8. The first kappa shape index (κ1) is 25.9. The Kier molecular flexibility index (Phi) is 8.75. The van der Waals surface area contributed by atoms with Gasteiger partial charge >= 0.3 is 6.03 Å². The van der Waals surface area contributed by atoms with Gasteiger partial charge in [-0.05, 0) is 73.0 Å². The van der Waals surface area contributed by atoms with Crippen LogP contribution in [0.25, 0.3) is 0 Å². The zero-order valence-electron chi connectivity index (χ0n) is 21.0. The highest BCUT2D eigenvalue weighted by Gasteiger charge is 2.29. The second kappa shape index (κ2) is 12.2. The van der Waals surface area contributed by atoms with Gasteiger partial charge in [-0.15, -0.1) is 11.3 Å². The number of carbonyl (C=O) groups excluding carboxylic acids is 2. The van der Waals surface area contributed by atoms with Gasteiger partial charge in [-0.2, -0.15) is 0 Å². The van der Waals surface area contributed by atoms with E-state index in [-0.39, 0.29) is 30.3 Å². The van der Waals surface area contributed by atoms with E-state index in [9.17, 15) is 14.0 Å². The molecule has 1 aliphatic carbocycles. The number of benzene rings is 2. The summed E-state index contributed by atoms with van der Waals surface area (Å²) in [5.74, 6) is -0.417. The molecule has 4 rings (SSSR count). The van der Waals surface area contributed by atoms with Crippen molar-refractivity contribution in [3.05, 3.63) is 87.4 Å². The lowest BCUT2D eigenvalue weighted by atomic mass is 9.94. The van der Waals surface area contributed by atoms with Crippen LogP contribution in [0.15, 0.2) is 60.0 Å². The number of nitrogens with one attached hydrogen (secondary N) is 1. The lowest BCUT2D eigenvalue weighted by Gasteiger charge is -2.35.